The van der Waals surface area contributed by atoms with Crippen LogP contribution >= 0.6 is 0 Å². The van der Waals surface area contributed by atoms with Crippen molar-refractivity contribution >= 4 is 23.1 Å². The monoisotopic (exact) mass is 336 g/mol. The fourth-order valence-electron chi connectivity index (χ4n) is 2.43. The van der Waals surface area contributed by atoms with Gasteiger partial charge in [0.1, 0.15) is 0 Å². The molecule has 2 aromatic carbocycles. The van der Waals surface area contributed by atoms with Gasteiger partial charge < -0.3 is 10.6 Å². The van der Waals surface area contributed by atoms with E-state index in [1.807, 2.05) is 48.5 Å². The van der Waals surface area contributed by atoms with Crippen molar-refractivity contribution in [2.45, 2.75) is 26.7 Å². The average Bonchev–Trinajstić information content (AvgIpc) is 2.66. The van der Waals surface area contributed by atoms with Crippen LogP contribution in [0.4, 0.5) is 27.5 Å². The lowest BCUT2D eigenvalue weighted by molar-refractivity contribution is 0.619. The maximum absolute atomic E-state index is 14.0. The molecule has 0 radical (unpaired) electrons. The fourth-order valence-corrected chi connectivity index (χ4v) is 2.43. The SMILES string of the molecule is CCc1ccc(Nc2ncc(F)c(Nc3ccc(CC)cc3)n2)cc1. The van der Waals surface area contributed by atoms with Gasteiger partial charge in [-0.15, -0.1) is 0 Å². The summed E-state index contributed by atoms with van der Waals surface area (Å²) in [5.74, 6) is -0.00305. The summed E-state index contributed by atoms with van der Waals surface area (Å²) in [5, 5.41) is 6.10. The molecule has 0 fully saturated rings. The molecule has 25 heavy (non-hydrogen) atoms. The van der Waals surface area contributed by atoms with E-state index in [0.717, 1.165) is 24.2 Å². The van der Waals surface area contributed by atoms with Gasteiger partial charge in [-0.1, -0.05) is 38.1 Å². The summed E-state index contributed by atoms with van der Waals surface area (Å²) in [6.07, 6.45) is 3.11. The van der Waals surface area contributed by atoms with Crippen LogP contribution in [0.2, 0.25) is 0 Å². The van der Waals surface area contributed by atoms with Crippen molar-refractivity contribution in [3.8, 4) is 0 Å². The smallest absolute Gasteiger partial charge is 0.229 e. The van der Waals surface area contributed by atoms with Gasteiger partial charge in [0.15, 0.2) is 11.6 Å². The van der Waals surface area contributed by atoms with Gasteiger partial charge in [0.05, 0.1) is 6.20 Å². The highest BCUT2D eigenvalue weighted by atomic mass is 19.1. The molecule has 0 saturated carbocycles. The van der Waals surface area contributed by atoms with Crippen LogP contribution in [0.25, 0.3) is 0 Å². The third-order valence-electron chi connectivity index (χ3n) is 3.99. The molecule has 0 aliphatic heterocycles. The summed E-state index contributed by atoms with van der Waals surface area (Å²) < 4.78 is 14.0. The molecule has 0 atom stereocenters. The van der Waals surface area contributed by atoms with E-state index >= 15 is 0 Å². The van der Waals surface area contributed by atoms with E-state index in [9.17, 15) is 4.39 Å². The second kappa shape index (κ2) is 7.75. The summed E-state index contributed by atoms with van der Waals surface area (Å²) in [4.78, 5) is 8.25. The number of anilines is 4. The lowest BCUT2D eigenvalue weighted by Crippen LogP contribution is -2.03. The number of halogens is 1. The minimum absolute atomic E-state index is 0.145. The third kappa shape index (κ3) is 4.32. The maximum Gasteiger partial charge on any atom is 0.229 e. The molecule has 5 heteroatoms. The summed E-state index contributed by atoms with van der Waals surface area (Å²) in [6.45, 7) is 4.20. The highest BCUT2D eigenvalue weighted by molar-refractivity contribution is 5.60. The maximum atomic E-state index is 14.0. The van der Waals surface area contributed by atoms with Crippen LogP contribution in [0.5, 0.6) is 0 Å². The van der Waals surface area contributed by atoms with Gasteiger partial charge in [0.25, 0.3) is 0 Å². The molecule has 3 aromatic rings. The number of rotatable bonds is 6. The Bertz CT molecular complexity index is 829. The highest BCUT2D eigenvalue weighted by Crippen LogP contribution is 2.21. The summed E-state index contributed by atoms with van der Waals surface area (Å²) >= 11 is 0. The zero-order valence-corrected chi connectivity index (χ0v) is 14.4. The lowest BCUT2D eigenvalue weighted by Gasteiger charge is -2.10. The first-order valence-electron chi connectivity index (χ1n) is 8.42. The Morgan fingerprint density at radius 2 is 1.32 bits per heavy atom. The first-order valence-corrected chi connectivity index (χ1v) is 8.42. The van der Waals surface area contributed by atoms with Crippen molar-refractivity contribution in [1.82, 2.24) is 9.97 Å². The van der Waals surface area contributed by atoms with Crippen LogP contribution < -0.4 is 10.6 Å². The molecule has 0 aliphatic rings. The van der Waals surface area contributed by atoms with Crippen LogP contribution in [0, 0.1) is 5.82 Å². The molecule has 128 valence electrons. The van der Waals surface area contributed by atoms with E-state index < -0.39 is 5.82 Å². The van der Waals surface area contributed by atoms with E-state index in [4.69, 9.17) is 0 Å². The van der Waals surface area contributed by atoms with E-state index in [1.165, 1.54) is 17.3 Å². The minimum Gasteiger partial charge on any atom is -0.338 e. The van der Waals surface area contributed by atoms with Gasteiger partial charge in [0, 0.05) is 11.4 Å². The summed E-state index contributed by atoms with van der Waals surface area (Å²) in [6, 6.07) is 15.9. The number of hydrogen-bond donors (Lipinski definition) is 2. The molecule has 2 N–H and O–H groups in total. The van der Waals surface area contributed by atoms with Crippen LogP contribution in [0.15, 0.2) is 54.7 Å². The Balaban J connectivity index is 1.76. The topological polar surface area (TPSA) is 49.8 Å². The number of aromatic nitrogens is 2. The number of benzene rings is 2. The predicted octanol–water partition coefficient (Wildman–Crippen LogP) is 5.23. The minimum atomic E-state index is -0.494. The molecular weight excluding hydrogens is 315 g/mol. The second-order valence-electron chi connectivity index (χ2n) is 5.74. The molecule has 0 spiro atoms. The Labute approximate surface area is 147 Å². The Hall–Kier alpha value is -2.95. The Morgan fingerprint density at radius 3 is 1.84 bits per heavy atom. The normalized spacial score (nSPS) is 10.5. The lowest BCUT2D eigenvalue weighted by atomic mass is 10.1. The number of aryl methyl sites for hydroxylation is 2. The molecule has 1 aromatic heterocycles. The van der Waals surface area contributed by atoms with Crippen LogP contribution in [0.3, 0.4) is 0 Å². The summed E-state index contributed by atoms with van der Waals surface area (Å²) in [7, 11) is 0. The molecule has 3 rings (SSSR count). The average molecular weight is 336 g/mol. The standard InChI is InChI=1S/C20H21FN4/c1-3-14-5-9-16(10-6-14)23-19-18(21)13-22-20(25-19)24-17-11-7-15(4-2)8-12-17/h5-13H,3-4H2,1-2H3,(H2,22,23,24,25). The van der Waals surface area contributed by atoms with Gasteiger partial charge in [-0.05, 0) is 48.2 Å². The Morgan fingerprint density at radius 1 is 0.800 bits per heavy atom. The molecule has 4 nitrogen and oxygen atoms in total. The van der Waals surface area contributed by atoms with Crippen molar-refractivity contribution in [2.24, 2.45) is 0 Å². The van der Waals surface area contributed by atoms with E-state index in [-0.39, 0.29) is 5.82 Å². The molecule has 0 aliphatic carbocycles. The van der Waals surface area contributed by atoms with Crippen LogP contribution in [0.1, 0.15) is 25.0 Å². The first kappa shape index (κ1) is 16.9. The molecule has 0 amide bonds. The van der Waals surface area contributed by atoms with Crippen molar-refractivity contribution in [3.63, 3.8) is 0 Å². The fraction of sp³-hybridized carbons (Fsp3) is 0.200. The molecule has 1 heterocycles. The van der Waals surface area contributed by atoms with Crippen molar-refractivity contribution in [3.05, 3.63) is 71.7 Å². The first-order chi connectivity index (χ1) is 12.2. The van der Waals surface area contributed by atoms with Crippen LogP contribution in [-0.2, 0) is 12.8 Å². The van der Waals surface area contributed by atoms with Gasteiger partial charge >= 0.3 is 0 Å². The van der Waals surface area contributed by atoms with Crippen molar-refractivity contribution in [1.29, 1.82) is 0 Å². The van der Waals surface area contributed by atoms with Gasteiger partial charge in [-0.3, -0.25) is 0 Å². The van der Waals surface area contributed by atoms with E-state index in [1.54, 1.807) is 0 Å². The third-order valence-corrected chi connectivity index (χ3v) is 3.99. The van der Waals surface area contributed by atoms with Crippen molar-refractivity contribution in [2.75, 3.05) is 10.6 Å². The van der Waals surface area contributed by atoms with Gasteiger partial charge in [-0.25, -0.2) is 9.37 Å². The molecule has 0 unspecified atom stereocenters. The predicted molar refractivity (Wildman–Crippen MR) is 100 cm³/mol. The zero-order chi connectivity index (χ0) is 17.6. The number of nitrogens with zero attached hydrogens (tertiary/aromatic N) is 2. The number of nitrogens with one attached hydrogen (secondary N) is 2. The van der Waals surface area contributed by atoms with Crippen LogP contribution in [-0.4, -0.2) is 9.97 Å². The van der Waals surface area contributed by atoms with Gasteiger partial charge in [0.2, 0.25) is 5.95 Å². The van der Waals surface area contributed by atoms with E-state index in [2.05, 4.69) is 34.4 Å². The van der Waals surface area contributed by atoms with Gasteiger partial charge in [-0.2, -0.15) is 4.98 Å². The highest BCUT2D eigenvalue weighted by Gasteiger charge is 2.08. The zero-order valence-electron chi connectivity index (χ0n) is 14.4. The number of hydrogen-bond acceptors (Lipinski definition) is 4. The molecule has 0 bridgehead atoms. The van der Waals surface area contributed by atoms with Crippen molar-refractivity contribution < 1.29 is 4.39 Å². The summed E-state index contributed by atoms with van der Waals surface area (Å²) in [5.41, 5.74) is 4.13. The van der Waals surface area contributed by atoms with E-state index in [0.29, 0.717) is 5.95 Å². The largest absolute Gasteiger partial charge is 0.338 e. The molecule has 0 saturated heterocycles. The second-order valence-corrected chi connectivity index (χ2v) is 5.74. The Kier molecular flexibility index (Phi) is 5.23. The quantitative estimate of drug-likeness (QED) is 0.647. The molecular formula is C20H21FN4.